The first-order valence-corrected chi connectivity index (χ1v) is 13.9. The molecule has 6 rings (SSSR count). The Kier molecular flexibility index (Phi) is 8.70. The molecular formula is C31H28F6N6O2. The third-order valence-electron chi connectivity index (χ3n) is 8.06. The summed E-state index contributed by atoms with van der Waals surface area (Å²) in [6.45, 7) is 4.17. The molecule has 0 radical (unpaired) electrons. The molecule has 45 heavy (non-hydrogen) atoms. The molecule has 2 aromatic carbocycles. The van der Waals surface area contributed by atoms with Crippen molar-refractivity contribution in [3.8, 4) is 16.9 Å². The number of alkyl halides is 3. The normalized spacial score (nSPS) is 18.9. The van der Waals surface area contributed by atoms with Gasteiger partial charge < -0.3 is 9.88 Å². The highest BCUT2D eigenvalue weighted by Crippen LogP contribution is 2.34. The standard InChI is InChI=1S/C16H9F4N3O.C15H19F2N3O/c17-14-7-12(3-4-13(14)16(18,19)20)23-15(6-11(9-24)22-23)10-2-1-5-21-8-10;1-8-6-10(7-9(2)19(8)3)20-14-12(18-15(20)21)5-4-11(16)13(14)17/h1-9H;4-5,8-10H,6-7H2,1-3H3,(H,18,21). The number of aldehydes is 1. The van der Waals surface area contributed by atoms with Crippen molar-refractivity contribution < 1.29 is 31.1 Å². The third kappa shape index (κ3) is 6.27. The molecule has 1 aliphatic heterocycles. The van der Waals surface area contributed by atoms with Crippen LogP contribution in [-0.4, -0.2) is 54.6 Å². The smallest absolute Gasteiger partial charge is 0.305 e. The summed E-state index contributed by atoms with van der Waals surface area (Å²) in [5.41, 5.74) is -0.225. The summed E-state index contributed by atoms with van der Waals surface area (Å²) in [4.78, 5) is 32.0. The summed E-state index contributed by atoms with van der Waals surface area (Å²) in [5, 5.41) is 3.98. The van der Waals surface area contributed by atoms with Crippen molar-refractivity contribution in [2.24, 2.45) is 0 Å². The van der Waals surface area contributed by atoms with Gasteiger partial charge in [-0.15, -0.1) is 0 Å². The molecule has 5 aromatic rings. The lowest BCUT2D eigenvalue weighted by atomic mass is 9.93. The monoisotopic (exact) mass is 630 g/mol. The number of carbonyl (C=O) groups excluding carboxylic acids is 1. The first-order valence-electron chi connectivity index (χ1n) is 13.9. The number of benzene rings is 2. The summed E-state index contributed by atoms with van der Waals surface area (Å²) in [5.74, 6) is -3.30. The molecule has 1 N–H and O–H groups in total. The lowest BCUT2D eigenvalue weighted by Crippen LogP contribution is -2.45. The fourth-order valence-corrected chi connectivity index (χ4v) is 5.60. The second-order valence-electron chi connectivity index (χ2n) is 10.9. The van der Waals surface area contributed by atoms with E-state index in [0.29, 0.717) is 29.1 Å². The van der Waals surface area contributed by atoms with E-state index in [-0.39, 0.29) is 40.7 Å². The predicted molar refractivity (Wildman–Crippen MR) is 155 cm³/mol. The Labute approximate surface area is 252 Å². The molecule has 4 heterocycles. The molecule has 14 heteroatoms. The molecule has 236 valence electrons. The van der Waals surface area contributed by atoms with Gasteiger partial charge in [0.25, 0.3) is 0 Å². The van der Waals surface area contributed by atoms with Gasteiger partial charge in [0, 0.05) is 42.1 Å². The molecular weight excluding hydrogens is 602 g/mol. The van der Waals surface area contributed by atoms with E-state index in [1.165, 1.54) is 27.6 Å². The Morgan fingerprint density at radius 2 is 1.69 bits per heavy atom. The molecule has 0 aliphatic carbocycles. The maximum Gasteiger partial charge on any atom is 0.419 e. The number of aromatic amines is 1. The zero-order valence-electron chi connectivity index (χ0n) is 24.3. The van der Waals surface area contributed by atoms with Gasteiger partial charge in [-0.25, -0.2) is 22.6 Å². The van der Waals surface area contributed by atoms with E-state index >= 15 is 0 Å². The fraction of sp³-hybridized carbons (Fsp3) is 0.290. The van der Waals surface area contributed by atoms with E-state index in [1.807, 2.05) is 7.05 Å². The second-order valence-corrected chi connectivity index (χ2v) is 10.9. The summed E-state index contributed by atoms with van der Waals surface area (Å²) in [6, 6.07) is 10.1. The predicted octanol–water partition coefficient (Wildman–Crippen LogP) is 6.56. The van der Waals surface area contributed by atoms with Gasteiger partial charge in [0.05, 0.1) is 22.5 Å². The minimum atomic E-state index is -4.78. The van der Waals surface area contributed by atoms with E-state index in [4.69, 9.17) is 0 Å². The zero-order valence-corrected chi connectivity index (χ0v) is 24.3. The first-order chi connectivity index (χ1) is 21.3. The number of halogens is 6. The van der Waals surface area contributed by atoms with Crippen molar-refractivity contribution in [3.63, 3.8) is 0 Å². The molecule has 1 aliphatic rings. The molecule has 0 amide bonds. The number of carbonyl (C=O) groups is 1. The molecule has 0 bridgehead atoms. The zero-order chi connectivity index (χ0) is 32.6. The summed E-state index contributed by atoms with van der Waals surface area (Å²) in [6.07, 6.45) is 0.238. The average Bonchev–Trinajstić information content (AvgIpc) is 3.59. The lowest BCUT2D eigenvalue weighted by molar-refractivity contribution is -0.140. The van der Waals surface area contributed by atoms with E-state index in [0.717, 1.165) is 31.0 Å². The van der Waals surface area contributed by atoms with Crippen LogP contribution in [-0.2, 0) is 6.18 Å². The van der Waals surface area contributed by atoms with Crippen molar-refractivity contribution >= 4 is 17.3 Å². The van der Waals surface area contributed by atoms with Gasteiger partial charge in [0.1, 0.15) is 17.0 Å². The van der Waals surface area contributed by atoms with Crippen LogP contribution in [0.25, 0.3) is 28.0 Å². The van der Waals surface area contributed by atoms with Crippen LogP contribution in [0.3, 0.4) is 0 Å². The molecule has 8 nitrogen and oxygen atoms in total. The molecule has 1 saturated heterocycles. The van der Waals surface area contributed by atoms with Crippen molar-refractivity contribution in [1.82, 2.24) is 29.2 Å². The first kappa shape index (κ1) is 31.7. The highest BCUT2D eigenvalue weighted by Gasteiger charge is 2.34. The number of H-pyrrole nitrogens is 1. The van der Waals surface area contributed by atoms with Gasteiger partial charge in [-0.3, -0.25) is 14.3 Å². The van der Waals surface area contributed by atoms with Crippen LogP contribution < -0.4 is 5.69 Å². The number of nitrogens with one attached hydrogen (secondary N) is 1. The van der Waals surface area contributed by atoms with E-state index in [2.05, 4.69) is 33.8 Å². The highest BCUT2D eigenvalue weighted by atomic mass is 19.4. The van der Waals surface area contributed by atoms with Gasteiger partial charge in [0.15, 0.2) is 17.9 Å². The number of aromatic nitrogens is 5. The molecule has 3 aromatic heterocycles. The van der Waals surface area contributed by atoms with Crippen LogP contribution in [0.5, 0.6) is 0 Å². The number of pyridine rings is 1. The van der Waals surface area contributed by atoms with E-state index < -0.39 is 29.2 Å². The maximum atomic E-state index is 14.1. The van der Waals surface area contributed by atoms with Gasteiger partial charge in [-0.1, -0.05) is 0 Å². The number of piperidine rings is 1. The van der Waals surface area contributed by atoms with Crippen LogP contribution in [0.1, 0.15) is 48.8 Å². The van der Waals surface area contributed by atoms with Crippen LogP contribution in [0.15, 0.2) is 65.7 Å². The van der Waals surface area contributed by atoms with Gasteiger partial charge in [0.2, 0.25) is 0 Å². The van der Waals surface area contributed by atoms with Gasteiger partial charge in [-0.05, 0) is 76.2 Å². The molecule has 0 saturated carbocycles. The third-order valence-corrected chi connectivity index (χ3v) is 8.06. The second kappa shape index (κ2) is 12.3. The molecule has 0 spiro atoms. The Balaban J connectivity index is 0.000000179. The number of likely N-dealkylation sites (tertiary alicyclic amines) is 1. The van der Waals surface area contributed by atoms with Gasteiger partial charge >= 0.3 is 11.9 Å². The maximum absolute atomic E-state index is 14.1. The molecule has 2 unspecified atom stereocenters. The SMILES string of the molecule is CC1CC(n2c(=O)[nH]c3ccc(F)c(F)c32)CC(C)N1C.O=Cc1cc(-c2cccnc2)n(-c2ccc(C(F)(F)F)c(F)c2)n1. The Morgan fingerprint density at radius 1 is 0.978 bits per heavy atom. The van der Waals surface area contributed by atoms with Crippen molar-refractivity contribution in [2.75, 3.05) is 7.05 Å². The van der Waals surface area contributed by atoms with Crippen molar-refractivity contribution in [2.45, 2.75) is 51.0 Å². The lowest BCUT2D eigenvalue weighted by Gasteiger charge is -2.40. The van der Waals surface area contributed by atoms with E-state index in [9.17, 15) is 35.9 Å². The largest absolute Gasteiger partial charge is 0.419 e. The summed E-state index contributed by atoms with van der Waals surface area (Å²) >= 11 is 0. The minimum Gasteiger partial charge on any atom is -0.305 e. The Bertz CT molecular complexity index is 1890. The molecule has 2 atom stereocenters. The highest BCUT2D eigenvalue weighted by molar-refractivity contribution is 5.77. The number of hydrogen-bond donors (Lipinski definition) is 1. The Morgan fingerprint density at radius 3 is 2.29 bits per heavy atom. The molecule has 1 fully saturated rings. The number of hydrogen-bond acceptors (Lipinski definition) is 5. The van der Waals surface area contributed by atoms with Crippen LogP contribution >= 0.6 is 0 Å². The van der Waals surface area contributed by atoms with Crippen LogP contribution in [0.2, 0.25) is 0 Å². The van der Waals surface area contributed by atoms with Crippen LogP contribution in [0.4, 0.5) is 26.3 Å². The topological polar surface area (TPSA) is 88.8 Å². The van der Waals surface area contributed by atoms with Crippen molar-refractivity contribution in [3.05, 3.63) is 100 Å². The summed E-state index contributed by atoms with van der Waals surface area (Å²) < 4.78 is 82.1. The van der Waals surface area contributed by atoms with Gasteiger partial charge in [-0.2, -0.15) is 18.3 Å². The average molecular weight is 631 g/mol. The number of nitrogens with zero attached hydrogens (tertiary/aromatic N) is 5. The van der Waals surface area contributed by atoms with E-state index in [1.54, 1.807) is 18.3 Å². The number of rotatable bonds is 4. The quantitative estimate of drug-likeness (QED) is 0.180. The number of fused-ring (bicyclic) bond motifs is 1. The Hall–Kier alpha value is -4.72. The number of imidazole rings is 1. The fourth-order valence-electron chi connectivity index (χ4n) is 5.60. The van der Waals surface area contributed by atoms with Crippen molar-refractivity contribution in [1.29, 1.82) is 0 Å². The summed E-state index contributed by atoms with van der Waals surface area (Å²) in [7, 11) is 2.05. The van der Waals surface area contributed by atoms with Crippen LogP contribution in [0, 0.1) is 17.5 Å². The minimum absolute atomic E-state index is 0.0500.